The molecule has 41 heavy (non-hydrogen) atoms. The Morgan fingerprint density at radius 2 is 1.27 bits per heavy atom. The molecule has 0 bridgehead atoms. The highest BCUT2D eigenvalue weighted by atomic mass is 15.0. The molecule has 0 amide bonds. The summed E-state index contributed by atoms with van der Waals surface area (Å²) in [6, 6.07) is 37.4. The normalized spacial score (nSPS) is 17.2. The average Bonchev–Trinajstić information content (AvgIpc) is 3.43. The first-order valence-corrected chi connectivity index (χ1v) is 14.0. The van der Waals surface area contributed by atoms with Gasteiger partial charge in [-0.1, -0.05) is 115 Å². The van der Waals surface area contributed by atoms with E-state index in [4.69, 9.17) is 15.0 Å². The van der Waals surface area contributed by atoms with Crippen LogP contribution in [0.1, 0.15) is 22.6 Å². The van der Waals surface area contributed by atoms with Crippen LogP contribution < -0.4 is 0 Å². The molecule has 4 heteroatoms. The zero-order valence-corrected chi connectivity index (χ0v) is 22.4. The SMILES string of the molecule is C1=CC2Cc3cccc(-c4nc(-c5ccccc5)nc(-c5ccccc5)n4)c3C2C=C1c1ccnc2ccccc12. The maximum atomic E-state index is 5.06. The summed E-state index contributed by atoms with van der Waals surface area (Å²) in [7, 11) is 0. The van der Waals surface area contributed by atoms with E-state index in [1.54, 1.807) is 0 Å². The highest BCUT2D eigenvalue weighted by Gasteiger charge is 2.34. The van der Waals surface area contributed by atoms with Crippen molar-refractivity contribution in [2.45, 2.75) is 12.3 Å². The van der Waals surface area contributed by atoms with E-state index in [0.717, 1.165) is 28.6 Å². The lowest BCUT2D eigenvalue weighted by atomic mass is 9.82. The first-order valence-electron chi connectivity index (χ1n) is 14.0. The highest BCUT2D eigenvalue weighted by Crippen LogP contribution is 2.48. The van der Waals surface area contributed by atoms with Crippen molar-refractivity contribution in [3.63, 3.8) is 0 Å². The second-order valence-corrected chi connectivity index (χ2v) is 10.7. The smallest absolute Gasteiger partial charge is 0.164 e. The van der Waals surface area contributed by atoms with E-state index < -0.39 is 0 Å². The van der Waals surface area contributed by atoms with Crippen molar-refractivity contribution in [1.82, 2.24) is 19.9 Å². The van der Waals surface area contributed by atoms with Crippen LogP contribution in [0, 0.1) is 5.92 Å². The Kier molecular flexibility index (Phi) is 5.63. The summed E-state index contributed by atoms with van der Waals surface area (Å²) in [5.41, 5.74) is 9.19. The number of para-hydroxylation sites is 1. The van der Waals surface area contributed by atoms with Gasteiger partial charge in [-0.05, 0) is 46.7 Å². The Balaban J connectivity index is 1.29. The number of benzene rings is 4. The van der Waals surface area contributed by atoms with Crippen LogP contribution in [0.3, 0.4) is 0 Å². The van der Waals surface area contributed by atoms with Crippen molar-refractivity contribution in [2.24, 2.45) is 5.92 Å². The van der Waals surface area contributed by atoms with Gasteiger partial charge in [0, 0.05) is 34.2 Å². The summed E-state index contributed by atoms with van der Waals surface area (Å²) >= 11 is 0. The van der Waals surface area contributed by atoms with Gasteiger partial charge in [0.1, 0.15) is 0 Å². The number of hydrogen-bond donors (Lipinski definition) is 0. The van der Waals surface area contributed by atoms with Crippen molar-refractivity contribution in [2.75, 3.05) is 0 Å². The number of allylic oxidation sites excluding steroid dienone is 4. The summed E-state index contributed by atoms with van der Waals surface area (Å²) in [4.78, 5) is 19.6. The molecule has 2 aliphatic rings. The Morgan fingerprint density at radius 1 is 0.585 bits per heavy atom. The van der Waals surface area contributed by atoms with Crippen LogP contribution in [-0.4, -0.2) is 19.9 Å². The maximum absolute atomic E-state index is 5.06. The third-order valence-corrected chi connectivity index (χ3v) is 8.23. The van der Waals surface area contributed by atoms with Gasteiger partial charge in [-0.15, -0.1) is 0 Å². The molecule has 2 unspecified atom stereocenters. The standard InChI is InChI=1S/C37H26N4/c1-3-10-24(11-4-1)35-39-36(25-12-5-2-6-13-25)41-37(40-35)31-16-9-14-28-22-26-18-19-27(23-32(26)34(28)31)29-20-21-38-33-17-8-7-15-30(29)33/h1-21,23,26,32H,22H2. The fraction of sp³-hybridized carbons (Fsp3) is 0.0811. The minimum atomic E-state index is 0.241. The van der Waals surface area contributed by atoms with E-state index in [1.807, 2.05) is 48.7 Å². The van der Waals surface area contributed by atoms with Crippen LogP contribution in [0.4, 0.5) is 0 Å². The lowest BCUT2D eigenvalue weighted by Crippen LogP contribution is -2.08. The first kappa shape index (κ1) is 23.6. The molecule has 4 nitrogen and oxygen atoms in total. The summed E-state index contributed by atoms with van der Waals surface area (Å²) in [5, 5.41) is 1.17. The molecular weight excluding hydrogens is 500 g/mol. The maximum Gasteiger partial charge on any atom is 0.164 e. The third-order valence-electron chi connectivity index (χ3n) is 8.23. The molecule has 0 spiro atoms. The first-order chi connectivity index (χ1) is 20.3. The molecular formula is C37H26N4. The van der Waals surface area contributed by atoms with Crippen molar-refractivity contribution in [1.29, 1.82) is 0 Å². The molecule has 0 radical (unpaired) electrons. The topological polar surface area (TPSA) is 51.6 Å². The van der Waals surface area contributed by atoms with E-state index in [2.05, 4.69) is 89.9 Å². The number of rotatable bonds is 4. The summed E-state index contributed by atoms with van der Waals surface area (Å²) < 4.78 is 0. The van der Waals surface area contributed by atoms with Crippen LogP contribution in [0.25, 0.3) is 50.6 Å². The van der Waals surface area contributed by atoms with Crippen LogP contribution in [0.2, 0.25) is 0 Å². The Bertz CT molecular complexity index is 1910. The fourth-order valence-corrected chi connectivity index (χ4v) is 6.30. The number of aromatic nitrogens is 4. The molecule has 194 valence electrons. The quantitative estimate of drug-likeness (QED) is 0.232. The van der Waals surface area contributed by atoms with Crippen LogP contribution in [0.15, 0.2) is 134 Å². The third kappa shape index (κ3) is 4.16. The molecule has 6 aromatic rings. The highest BCUT2D eigenvalue weighted by molar-refractivity contribution is 5.94. The van der Waals surface area contributed by atoms with Crippen molar-refractivity contribution < 1.29 is 0 Å². The van der Waals surface area contributed by atoms with Gasteiger partial charge in [0.15, 0.2) is 17.5 Å². The van der Waals surface area contributed by atoms with Gasteiger partial charge in [0.05, 0.1) is 5.52 Å². The minimum Gasteiger partial charge on any atom is -0.256 e. The second kappa shape index (κ2) is 9.76. The molecule has 0 saturated heterocycles. The predicted octanol–water partition coefficient (Wildman–Crippen LogP) is 8.33. The Labute approximate surface area is 238 Å². The van der Waals surface area contributed by atoms with Crippen molar-refractivity contribution in [3.05, 3.63) is 150 Å². The van der Waals surface area contributed by atoms with Crippen LogP contribution >= 0.6 is 0 Å². The van der Waals surface area contributed by atoms with Gasteiger partial charge in [0.25, 0.3) is 0 Å². The Morgan fingerprint density at radius 3 is 2.02 bits per heavy atom. The number of pyridine rings is 1. The number of fused-ring (bicyclic) bond motifs is 4. The molecule has 2 aromatic heterocycles. The van der Waals surface area contributed by atoms with Gasteiger partial charge < -0.3 is 0 Å². The summed E-state index contributed by atoms with van der Waals surface area (Å²) in [6.07, 6.45) is 10.0. The molecule has 2 aliphatic carbocycles. The van der Waals surface area contributed by atoms with Crippen molar-refractivity contribution in [3.8, 4) is 34.2 Å². The van der Waals surface area contributed by atoms with Gasteiger partial charge >= 0.3 is 0 Å². The minimum absolute atomic E-state index is 0.241. The van der Waals surface area contributed by atoms with Gasteiger partial charge in [-0.2, -0.15) is 0 Å². The largest absolute Gasteiger partial charge is 0.256 e. The van der Waals surface area contributed by atoms with Crippen LogP contribution in [0.5, 0.6) is 0 Å². The number of hydrogen-bond acceptors (Lipinski definition) is 4. The molecule has 8 rings (SSSR count). The zero-order chi connectivity index (χ0) is 27.2. The summed E-state index contributed by atoms with van der Waals surface area (Å²) in [5.74, 6) is 2.74. The molecule has 2 heterocycles. The Hall–Kier alpha value is -5.22. The van der Waals surface area contributed by atoms with E-state index in [1.165, 1.54) is 27.6 Å². The number of nitrogens with zero attached hydrogens (tertiary/aromatic N) is 4. The zero-order valence-electron chi connectivity index (χ0n) is 22.4. The monoisotopic (exact) mass is 526 g/mol. The molecule has 0 fully saturated rings. The lowest BCUT2D eigenvalue weighted by Gasteiger charge is -2.22. The van der Waals surface area contributed by atoms with Gasteiger partial charge in [-0.25, -0.2) is 15.0 Å². The molecule has 0 N–H and O–H groups in total. The lowest BCUT2D eigenvalue weighted by molar-refractivity contribution is 0.632. The molecule has 4 aromatic carbocycles. The fourth-order valence-electron chi connectivity index (χ4n) is 6.30. The van der Waals surface area contributed by atoms with Gasteiger partial charge in [-0.3, -0.25) is 4.98 Å². The van der Waals surface area contributed by atoms with Crippen molar-refractivity contribution >= 4 is 16.5 Å². The molecule has 2 atom stereocenters. The van der Waals surface area contributed by atoms with Gasteiger partial charge in [0.2, 0.25) is 0 Å². The predicted molar refractivity (Wildman–Crippen MR) is 165 cm³/mol. The van der Waals surface area contributed by atoms with E-state index in [0.29, 0.717) is 23.4 Å². The summed E-state index contributed by atoms with van der Waals surface area (Å²) in [6.45, 7) is 0. The van der Waals surface area contributed by atoms with E-state index >= 15 is 0 Å². The average molecular weight is 527 g/mol. The second-order valence-electron chi connectivity index (χ2n) is 10.7. The van der Waals surface area contributed by atoms with E-state index in [-0.39, 0.29) is 5.92 Å². The van der Waals surface area contributed by atoms with E-state index in [9.17, 15) is 0 Å². The molecule has 0 saturated carbocycles. The van der Waals surface area contributed by atoms with Crippen LogP contribution in [-0.2, 0) is 6.42 Å². The molecule has 0 aliphatic heterocycles.